The van der Waals surface area contributed by atoms with Crippen LogP contribution >= 0.6 is 0 Å². The first-order valence-electron chi connectivity index (χ1n) is 4.76. The Labute approximate surface area is 85.4 Å². The Morgan fingerprint density at radius 1 is 1.36 bits per heavy atom. The molecule has 2 atom stereocenters. The van der Waals surface area contributed by atoms with Crippen LogP contribution in [0.2, 0.25) is 0 Å². The van der Waals surface area contributed by atoms with Crippen LogP contribution in [-0.4, -0.2) is 17.3 Å². The van der Waals surface area contributed by atoms with Crippen molar-refractivity contribution in [2.45, 2.75) is 13.0 Å². The molecule has 76 valence electrons. The third-order valence-electron chi connectivity index (χ3n) is 2.41. The fraction of sp³-hybridized carbons (Fsp3) is 0.333. The molecule has 2 heteroatoms. The molecule has 0 aliphatic carbocycles. The van der Waals surface area contributed by atoms with Crippen molar-refractivity contribution < 1.29 is 5.21 Å². The van der Waals surface area contributed by atoms with Gasteiger partial charge in [-0.1, -0.05) is 43.3 Å². The molecule has 1 rings (SSSR count). The monoisotopic (exact) mass is 191 g/mol. The van der Waals surface area contributed by atoms with E-state index in [0.29, 0.717) is 0 Å². The van der Waals surface area contributed by atoms with Gasteiger partial charge in [0.15, 0.2) is 0 Å². The summed E-state index contributed by atoms with van der Waals surface area (Å²) in [6, 6.07) is 9.92. The highest BCUT2D eigenvalue weighted by molar-refractivity contribution is 5.20. The topological polar surface area (TPSA) is 23.5 Å². The molecule has 0 aliphatic heterocycles. The standard InChI is InChI=1S/C12H17NO/c1-4-10(2)12(13(3)14)11-8-6-5-7-9-11/h4-10,12,14H,1H2,2-3H3/t10-,12+/m1/s1. The lowest BCUT2D eigenvalue weighted by atomic mass is 9.94. The van der Waals surface area contributed by atoms with Gasteiger partial charge in [0.2, 0.25) is 0 Å². The van der Waals surface area contributed by atoms with Crippen LogP contribution < -0.4 is 0 Å². The minimum atomic E-state index is -0.0197. The minimum absolute atomic E-state index is 0.0197. The summed E-state index contributed by atoms with van der Waals surface area (Å²) in [4.78, 5) is 0. The Balaban J connectivity index is 2.94. The average Bonchev–Trinajstić information content (AvgIpc) is 2.19. The molecule has 0 heterocycles. The highest BCUT2D eigenvalue weighted by Gasteiger charge is 2.19. The second-order valence-corrected chi connectivity index (χ2v) is 3.52. The summed E-state index contributed by atoms with van der Waals surface area (Å²) in [5, 5.41) is 10.8. The largest absolute Gasteiger partial charge is 0.314 e. The number of hydrogen-bond donors (Lipinski definition) is 1. The van der Waals surface area contributed by atoms with Crippen molar-refractivity contribution in [2.24, 2.45) is 5.92 Å². The van der Waals surface area contributed by atoms with Crippen molar-refractivity contribution in [1.82, 2.24) is 5.06 Å². The van der Waals surface area contributed by atoms with E-state index in [-0.39, 0.29) is 12.0 Å². The Bertz CT molecular complexity index is 282. The summed E-state index contributed by atoms with van der Waals surface area (Å²) < 4.78 is 0. The van der Waals surface area contributed by atoms with Crippen LogP contribution in [0, 0.1) is 5.92 Å². The predicted octanol–water partition coefficient (Wildman–Crippen LogP) is 2.87. The van der Waals surface area contributed by atoms with E-state index >= 15 is 0 Å². The highest BCUT2D eigenvalue weighted by Crippen LogP contribution is 2.26. The molecule has 0 saturated heterocycles. The van der Waals surface area contributed by atoms with Crippen molar-refractivity contribution in [1.29, 1.82) is 0 Å². The van der Waals surface area contributed by atoms with Crippen LogP contribution in [0.25, 0.3) is 0 Å². The summed E-state index contributed by atoms with van der Waals surface area (Å²) in [6.45, 7) is 5.79. The zero-order valence-electron chi connectivity index (χ0n) is 8.72. The summed E-state index contributed by atoms with van der Waals surface area (Å²) in [6.07, 6.45) is 1.85. The number of benzene rings is 1. The summed E-state index contributed by atoms with van der Waals surface area (Å²) in [5.74, 6) is 0.215. The van der Waals surface area contributed by atoms with Crippen molar-refractivity contribution in [2.75, 3.05) is 7.05 Å². The Morgan fingerprint density at radius 3 is 2.36 bits per heavy atom. The van der Waals surface area contributed by atoms with Crippen LogP contribution in [0.3, 0.4) is 0 Å². The maximum atomic E-state index is 9.55. The Kier molecular flexibility index (Phi) is 3.86. The smallest absolute Gasteiger partial charge is 0.0656 e. The van der Waals surface area contributed by atoms with E-state index in [1.165, 1.54) is 5.06 Å². The first-order chi connectivity index (χ1) is 6.66. The molecule has 0 amide bonds. The average molecular weight is 191 g/mol. The highest BCUT2D eigenvalue weighted by atomic mass is 16.5. The second kappa shape index (κ2) is 4.94. The first kappa shape index (κ1) is 11.0. The molecular weight excluding hydrogens is 174 g/mol. The summed E-state index contributed by atoms with van der Waals surface area (Å²) in [5.41, 5.74) is 1.10. The second-order valence-electron chi connectivity index (χ2n) is 3.52. The van der Waals surface area contributed by atoms with Crippen LogP contribution in [0.4, 0.5) is 0 Å². The fourth-order valence-electron chi connectivity index (χ4n) is 1.64. The molecule has 1 N–H and O–H groups in total. The molecule has 0 aliphatic rings. The maximum Gasteiger partial charge on any atom is 0.0656 e. The van der Waals surface area contributed by atoms with Crippen molar-refractivity contribution in [3.05, 3.63) is 48.6 Å². The molecule has 1 aromatic carbocycles. The zero-order valence-corrected chi connectivity index (χ0v) is 8.72. The first-order valence-corrected chi connectivity index (χ1v) is 4.76. The van der Waals surface area contributed by atoms with E-state index in [9.17, 15) is 5.21 Å². The summed E-state index contributed by atoms with van der Waals surface area (Å²) in [7, 11) is 1.66. The quantitative estimate of drug-likeness (QED) is 0.584. The van der Waals surface area contributed by atoms with Crippen LogP contribution in [0.15, 0.2) is 43.0 Å². The number of hydroxylamine groups is 2. The van der Waals surface area contributed by atoms with E-state index in [1.54, 1.807) is 7.05 Å². The van der Waals surface area contributed by atoms with Gasteiger partial charge in [0.05, 0.1) is 6.04 Å². The number of nitrogens with zero attached hydrogens (tertiary/aromatic N) is 1. The normalized spacial score (nSPS) is 15.1. The van der Waals surface area contributed by atoms with Gasteiger partial charge in [-0.05, 0) is 11.5 Å². The molecule has 0 spiro atoms. The van der Waals surface area contributed by atoms with Gasteiger partial charge < -0.3 is 5.21 Å². The molecule has 0 aromatic heterocycles. The van der Waals surface area contributed by atoms with E-state index in [4.69, 9.17) is 0 Å². The fourth-order valence-corrected chi connectivity index (χ4v) is 1.64. The van der Waals surface area contributed by atoms with Gasteiger partial charge in [0.25, 0.3) is 0 Å². The van der Waals surface area contributed by atoms with Gasteiger partial charge >= 0.3 is 0 Å². The van der Waals surface area contributed by atoms with Crippen molar-refractivity contribution in [3.8, 4) is 0 Å². The number of rotatable bonds is 4. The molecule has 2 nitrogen and oxygen atoms in total. The Morgan fingerprint density at radius 2 is 1.93 bits per heavy atom. The third-order valence-corrected chi connectivity index (χ3v) is 2.41. The SMILES string of the molecule is C=C[C@@H](C)[C@@H](c1ccccc1)N(C)O. The van der Waals surface area contributed by atoms with Gasteiger partial charge in [0.1, 0.15) is 0 Å². The van der Waals surface area contributed by atoms with Gasteiger partial charge in [-0.15, -0.1) is 6.58 Å². The van der Waals surface area contributed by atoms with Crippen LogP contribution in [0.1, 0.15) is 18.5 Å². The lowest BCUT2D eigenvalue weighted by molar-refractivity contribution is -0.114. The van der Waals surface area contributed by atoms with Crippen molar-refractivity contribution in [3.63, 3.8) is 0 Å². The minimum Gasteiger partial charge on any atom is -0.314 e. The summed E-state index contributed by atoms with van der Waals surface area (Å²) >= 11 is 0. The van der Waals surface area contributed by atoms with E-state index in [2.05, 4.69) is 6.58 Å². The van der Waals surface area contributed by atoms with Gasteiger partial charge in [-0.25, -0.2) is 0 Å². The molecule has 0 fully saturated rings. The maximum absolute atomic E-state index is 9.55. The third kappa shape index (κ3) is 2.44. The van der Waals surface area contributed by atoms with Crippen LogP contribution in [-0.2, 0) is 0 Å². The predicted molar refractivity (Wildman–Crippen MR) is 58.1 cm³/mol. The van der Waals surface area contributed by atoms with E-state index < -0.39 is 0 Å². The molecule has 0 unspecified atom stereocenters. The van der Waals surface area contributed by atoms with E-state index in [1.807, 2.05) is 43.3 Å². The lowest BCUT2D eigenvalue weighted by Gasteiger charge is -2.26. The van der Waals surface area contributed by atoms with Crippen molar-refractivity contribution >= 4 is 0 Å². The molecular formula is C12H17NO. The van der Waals surface area contributed by atoms with Gasteiger partial charge in [0, 0.05) is 7.05 Å². The molecule has 0 saturated carbocycles. The molecule has 0 bridgehead atoms. The Hall–Kier alpha value is -1.12. The van der Waals surface area contributed by atoms with E-state index in [0.717, 1.165) is 5.56 Å². The lowest BCUT2D eigenvalue weighted by Crippen LogP contribution is -2.25. The molecule has 14 heavy (non-hydrogen) atoms. The van der Waals surface area contributed by atoms with Gasteiger partial charge in [-0.3, -0.25) is 0 Å². The van der Waals surface area contributed by atoms with Crippen LogP contribution in [0.5, 0.6) is 0 Å². The zero-order chi connectivity index (χ0) is 10.6. The number of hydrogen-bond acceptors (Lipinski definition) is 2. The molecule has 0 radical (unpaired) electrons. The molecule has 1 aromatic rings. The van der Waals surface area contributed by atoms with Gasteiger partial charge in [-0.2, -0.15) is 5.06 Å².